The molecule has 2 rings (SSSR count). The Labute approximate surface area is 158 Å². The van der Waals surface area contributed by atoms with Gasteiger partial charge in [-0.25, -0.2) is 0 Å². The van der Waals surface area contributed by atoms with Crippen LogP contribution in [0, 0.1) is 0 Å². The Balaban J connectivity index is 1.76. The first-order valence-corrected chi connectivity index (χ1v) is 8.74. The third-order valence-electron chi connectivity index (χ3n) is 3.67. The number of ether oxygens (including phenoxy) is 1. The van der Waals surface area contributed by atoms with Gasteiger partial charge in [-0.3, -0.25) is 0 Å². The van der Waals surface area contributed by atoms with Gasteiger partial charge >= 0.3 is 6.18 Å². The minimum absolute atomic E-state index is 0.114. The summed E-state index contributed by atoms with van der Waals surface area (Å²) >= 11 is 3.33. The second-order valence-electron chi connectivity index (χ2n) is 5.83. The van der Waals surface area contributed by atoms with Gasteiger partial charge in [-0.05, 0) is 29.8 Å². The molecule has 0 fully saturated rings. The summed E-state index contributed by atoms with van der Waals surface area (Å²) in [7, 11) is 0. The molecule has 0 saturated heterocycles. The number of nitrogens with two attached hydrogens (primary N) is 1. The molecule has 0 aromatic heterocycles. The summed E-state index contributed by atoms with van der Waals surface area (Å²) in [4.78, 5) is 0. The van der Waals surface area contributed by atoms with Crippen molar-refractivity contribution in [3.05, 3.63) is 64.1 Å². The van der Waals surface area contributed by atoms with Crippen molar-refractivity contribution >= 4 is 15.9 Å². The molecule has 26 heavy (non-hydrogen) atoms. The summed E-state index contributed by atoms with van der Waals surface area (Å²) in [6.07, 6.45) is -5.27. The predicted octanol–water partition coefficient (Wildman–Crippen LogP) is 3.32. The number of rotatable bonds is 8. The maximum atomic E-state index is 12.7. The lowest BCUT2D eigenvalue weighted by Crippen LogP contribution is -2.45. The van der Waals surface area contributed by atoms with Crippen molar-refractivity contribution in [3.8, 4) is 5.75 Å². The van der Waals surface area contributed by atoms with Gasteiger partial charge in [0.2, 0.25) is 0 Å². The lowest BCUT2D eigenvalue weighted by atomic mass is 10.1. The SMILES string of the molecule is NC(COc1cccc(Br)c1)C(O)CNCc1cccc(C(F)(F)F)c1. The van der Waals surface area contributed by atoms with Crippen molar-refractivity contribution in [2.75, 3.05) is 13.2 Å². The average molecular weight is 433 g/mol. The smallest absolute Gasteiger partial charge is 0.416 e. The zero-order chi connectivity index (χ0) is 19.2. The predicted molar refractivity (Wildman–Crippen MR) is 96.8 cm³/mol. The third kappa shape index (κ3) is 6.60. The Morgan fingerprint density at radius 1 is 1.15 bits per heavy atom. The lowest BCUT2D eigenvalue weighted by molar-refractivity contribution is -0.137. The topological polar surface area (TPSA) is 67.5 Å². The van der Waals surface area contributed by atoms with Crippen LogP contribution < -0.4 is 15.8 Å². The van der Waals surface area contributed by atoms with E-state index in [-0.39, 0.29) is 19.7 Å². The normalized spacial score (nSPS) is 14.1. The molecule has 2 unspecified atom stereocenters. The molecule has 0 heterocycles. The summed E-state index contributed by atoms with van der Waals surface area (Å²) < 4.78 is 44.4. The van der Waals surface area contributed by atoms with E-state index in [1.54, 1.807) is 18.2 Å². The summed E-state index contributed by atoms with van der Waals surface area (Å²) in [6.45, 7) is 0.447. The minimum atomic E-state index is -4.37. The Hall–Kier alpha value is -1.61. The fourth-order valence-corrected chi connectivity index (χ4v) is 2.61. The Morgan fingerprint density at radius 2 is 1.88 bits per heavy atom. The summed E-state index contributed by atoms with van der Waals surface area (Å²) in [5.74, 6) is 0.624. The van der Waals surface area contributed by atoms with Crippen LogP contribution in [0.3, 0.4) is 0 Å². The molecule has 0 aliphatic heterocycles. The van der Waals surface area contributed by atoms with E-state index in [0.717, 1.165) is 16.6 Å². The van der Waals surface area contributed by atoms with Gasteiger partial charge in [0.25, 0.3) is 0 Å². The first kappa shape index (κ1) is 20.7. The van der Waals surface area contributed by atoms with Crippen LogP contribution in [-0.4, -0.2) is 30.4 Å². The summed E-state index contributed by atoms with van der Waals surface area (Å²) in [5.41, 5.74) is 5.67. The van der Waals surface area contributed by atoms with Gasteiger partial charge in [0.15, 0.2) is 0 Å². The van der Waals surface area contributed by atoms with Crippen molar-refractivity contribution < 1.29 is 23.0 Å². The highest BCUT2D eigenvalue weighted by Crippen LogP contribution is 2.29. The Kier molecular flexibility index (Phi) is 7.45. The largest absolute Gasteiger partial charge is 0.492 e. The molecular weight excluding hydrogens is 413 g/mol. The van der Waals surface area contributed by atoms with Gasteiger partial charge in [0.05, 0.1) is 17.7 Å². The molecule has 0 aliphatic rings. The van der Waals surface area contributed by atoms with E-state index < -0.39 is 23.9 Å². The Morgan fingerprint density at radius 3 is 2.58 bits per heavy atom. The van der Waals surface area contributed by atoms with Crippen LogP contribution in [0.25, 0.3) is 0 Å². The molecule has 0 spiro atoms. The molecule has 2 aromatic rings. The minimum Gasteiger partial charge on any atom is -0.492 e. The quantitative estimate of drug-likeness (QED) is 0.598. The molecule has 4 nitrogen and oxygen atoms in total. The highest BCUT2D eigenvalue weighted by molar-refractivity contribution is 9.10. The molecule has 2 atom stereocenters. The van der Waals surface area contributed by atoms with E-state index >= 15 is 0 Å². The first-order valence-electron chi connectivity index (χ1n) is 7.94. The number of benzene rings is 2. The number of aliphatic hydroxyl groups is 1. The van der Waals surface area contributed by atoms with E-state index in [2.05, 4.69) is 21.2 Å². The molecule has 0 amide bonds. The van der Waals surface area contributed by atoms with E-state index in [0.29, 0.717) is 11.3 Å². The van der Waals surface area contributed by atoms with Gasteiger partial charge < -0.3 is 20.9 Å². The van der Waals surface area contributed by atoms with Gasteiger partial charge in [-0.2, -0.15) is 13.2 Å². The molecule has 2 aromatic carbocycles. The van der Waals surface area contributed by atoms with Crippen LogP contribution in [0.1, 0.15) is 11.1 Å². The molecule has 0 radical (unpaired) electrons. The van der Waals surface area contributed by atoms with Crippen molar-refractivity contribution in [1.29, 1.82) is 0 Å². The number of alkyl halides is 3. The van der Waals surface area contributed by atoms with Crippen LogP contribution in [0.4, 0.5) is 13.2 Å². The molecule has 8 heteroatoms. The van der Waals surface area contributed by atoms with E-state index in [1.165, 1.54) is 6.07 Å². The van der Waals surface area contributed by atoms with Crippen LogP contribution >= 0.6 is 15.9 Å². The maximum absolute atomic E-state index is 12.7. The third-order valence-corrected chi connectivity index (χ3v) is 4.16. The van der Waals surface area contributed by atoms with Gasteiger partial charge in [0, 0.05) is 17.6 Å². The number of hydrogen-bond acceptors (Lipinski definition) is 4. The molecular formula is C18H20BrF3N2O2. The molecule has 4 N–H and O–H groups in total. The fourth-order valence-electron chi connectivity index (χ4n) is 2.23. The van der Waals surface area contributed by atoms with Crippen molar-refractivity contribution in [2.45, 2.75) is 24.9 Å². The monoisotopic (exact) mass is 432 g/mol. The van der Waals surface area contributed by atoms with Gasteiger partial charge in [-0.15, -0.1) is 0 Å². The van der Waals surface area contributed by atoms with Crippen molar-refractivity contribution in [2.24, 2.45) is 5.73 Å². The maximum Gasteiger partial charge on any atom is 0.416 e. The molecule has 0 bridgehead atoms. The zero-order valence-electron chi connectivity index (χ0n) is 13.8. The first-order chi connectivity index (χ1) is 12.3. The fraction of sp³-hybridized carbons (Fsp3) is 0.333. The molecule has 0 saturated carbocycles. The highest BCUT2D eigenvalue weighted by atomic mass is 79.9. The second kappa shape index (κ2) is 9.36. The van der Waals surface area contributed by atoms with Crippen molar-refractivity contribution in [1.82, 2.24) is 5.32 Å². The molecule has 0 aliphatic carbocycles. The number of aliphatic hydroxyl groups excluding tert-OH is 1. The number of nitrogens with one attached hydrogen (secondary N) is 1. The van der Waals surface area contributed by atoms with Crippen LogP contribution in [-0.2, 0) is 12.7 Å². The van der Waals surface area contributed by atoms with Gasteiger partial charge in [-0.1, -0.05) is 40.2 Å². The average Bonchev–Trinajstić information content (AvgIpc) is 2.59. The zero-order valence-corrected chi connectivity index (χ0v) is 15.4. The number of hydrogen-bond donors (Lipinski definition) is 3. The molecule has 142 valence electrons. The van der Waals surface area contributed by atoms with E-state index in [1.807, 2.05) is 12.1 Å². The van der Waals surface area contributed by atoms with Crippen LogP contribution in [0.2, 0.25) is 0 Å². The highest BCUT2D eigenvalue weighted by Gasteiger charge is 2.30. The summed E-state index contributed by atoms with van der Waals surface area (Å²) in [6, 6.07) is 11.6. The van der Waals surface area contributed by atoms with Crippen LogP contribution in [0.15, 0.2) is 53.0 Å². The van der Waals surface area contributed by atoms with Crippen LogP contribution in [0.5, 0.6) is 5.75 Å². The van der Waals surface area contributed by atoms with Gasteiger partial charge in [0.1, 0.15) is 12.4 Å². The number of halogens is 4. The summed E-state index contributed by atoms with van der Waals surface area (Å²) in [5, 5.41) is 13.0. The van der Waals surface area contributed by atoms with E-state index in [9.17, 15) is 18.3 Å². The van der Waals surface area contributed by atoms with E-state index in [4.69, 9.17) is 10.5 Å². The lowest BCUT2D eigenvalue weighted by Gasteiger charge is -2.20. The second-order valence-corrected chi connectivity index (χ2v) is 6.74. The Bertz CT molecular complexity index is 713. The van der Waals surface area contributed by atoms with Crippen molar-refractivity contribution in [3.63, 3.8) is 0 Å². The standard InChI is InChI=1S/C18H20BrF3N2O2/c19-14-5-2-6-15(8-14)26-11-16(23)17(25)10-24-9-12-3-1-4-13(7-12)18(20,21)22/h1-8,16-17,24-25H,9-11,23H2.